The number of rotatable bonds is 3. The standard InChI is InChI=1S/C10H6BrFN2O2S2/c1-4-7(9(15)16)17-10(14-4)18-8-6(12)2-5(11)3-13-8/h2-3H,1H3,(H,15,16). The lowest BCUT2D eigenvalue weighted by molar-refractivity contribution is 0.0701. The number of aryl methyl sites for hydroxylation is 1. The van der Waals surface area contributed by atoms with Crippen LogP contribution in [-0.2, 0) is 0 Å². The Morgan fingerprint density at radius 1 is 1.61 bits per heavy atom. The summed E-state index contributed by atoms with van der Waals surface area (Å²) in [6.45, 7) is 1.61. The van der Waals surface area contributed by atoms with Crippen molar-refractivity contribution in [3.05, 3.63) is 33.1 Å². The highest BCUT2D eigenvalue weighted by Gasteiger charge is 2.16. The minimum Gasteiger partial charge on any atom is -0.477 e. The smallest absolute Gasteiger partial charge is 0.347 e. The molecule has 2 rings (SSSR count). The summed E-state index contributed by atoms with van der Waals surface area (Å²) in [6.07, 6.45) is 1.48. The van der Waals surface area contributed by atoms with Gasteiger partial charge in [0.1, 0.15) is 9.90 Å². The average molecular weight is 349 g/mol. The van der Waals surface area contributed by atoms with Crippen molar-refractivity contribution >= 4 is 45.0 Å². The zero-order chi connectivity index (χ0) is 13.3. The van der Waals surface area contributed by atoms with Crippen molar-refractivity contribution < 1.29 is 14.3 Å². The number of aromatic nitrogens is 2. The second-order valence-corrected chi connectivity index (χ2v) is 6.39. The summed E-state index contributed by atoms with van der Waals surface area (Å²) >= 11 is 5.14. The molecule has 0 saturated carbocycles. The molecule has 0 aliphatic heterocycles. The summed E-state index contributed by atoms with van der Waals surface area (Å²) in [4.78, 5) is 19.0. The maximum atomic E-state index is 13.5. The van der Waals surface area contributed by atoms with E-state index in [0.29, 0.717) is 14.5 Å². The Bertz CT molecular complexity index is 618. The van der Waals surface area contributed by atoms with Crippen LogP contribution in [-0.4, -0.2) is 21.0 Å². The Morgan fingerprint density at radius 3 is 2.89 bits per heavy atom. The molecule has 2 heterocycles. The van der Waals surface area contributed by atoms with Crippen molar-refractivity contribution in [3.8, 4) is 0 Å². The van der Waals surface area contributed by atoms with Crippen LogP contribution >= 0.6 is 39.0 Å². The number of carbonyl (C=O) groups is 1. The molecule has 0 fully saturated rings. The average Bonchev–Trinajstić information content (AvgIpc) is 2.64. The summed E-state index contributed by atoms with van der Waals surface area (Å²) < 4.78 is 14.6. The number of hydrogen-bond acceptors (Lipinski definition) is 5. The molecule has 0 saturated heterocycles. The first kappa shape index (κ1) is 13.4. The van der Waals surface area contributed by atoms with Crippen LogP contribution in [0.2, 0.25) is 0 Å². The molecule has 0 unspecified atom stereocenters. The van der Waals surface area contributed by atoms with Crippen molar-refractivity contribution in [2.75, 3.05) is 0 Å². The number of carboxylic acid groups (broad SMARTS) is 1. The number of pyridine rings is 1. The van der Waals surface area contributed by atoms with Crippen molar-refractivity contribution in [3.63, 3.8) is 0 Å². The molecule has 0 radical (unpaired) electrons. The van der Waals surface area contributed by atoms with Gasteiger partial charge in [-0.05, 0) is 40.7 Å². The van der Waals surface area contributed by atoms with E-state index >= 15 is 0 Å². The van der Waals surface area contributed by atoms with Gasteiger partial charge in [0.05, 0.1) is 5.69 Å². The molecule has 0 amide bonds. The molecule has 18 heavy (non-hydrogen) atoms. The van der Waals surface area contributed by atoms with Crippen LogP contribution < -0.4 is 0 Å². The number of hydrogen-bond donors (Lipinski definition) is 1. The quantitative estimate of drug-likeness (QED) is 0.917. The van der Waals surface area contributed by atoms with Crippen LogP contribution in [0.3, 0.4) is 0 Å². The lowest BCUT2D eigenvalue weighted by Gasteiger charge is -1.98. The van der Waals surface area contributed by atoms with E-state index in [4.69, 9.17) is 5.11 Å². The molecule has 1 N–H and O–H groups in total. The Morgan fingerprint density at radius 2 is 2.33 bits per heavy atom. The fourth-order valence-electron chi connectivity index (χ4n) is 1.17. The van der Waals surface area contributed by atoms with E-state index in [-0.39, 0.29) is 9.90 Å². The van der Waals surface area contributed by atoms with Crippen molar-refractivity contribution in [2.24, 2.45) is 0 Å². The van der Waals surface area contributed by atoms with E-state index in [0.717, 1.165) is 23.1 Å². The molecule has 94 valence electrons. The topological polar surface area (TPSA) is 63.1 Å². The molecule has 0 spiro atoms. The number of aromatic carboxylic acids is 1. The molecule has 2 aromatic heterocycles. The number of thiazole rings is 1. The predicted molar refractivity (Wildman–Crippen MR) is 69.8 cm³/mol. The van der Waals surface area contributed by atoms with Crippen LogP contribution in [0, 0.1) is 12.7 Å². The minimum absolute atomic E-state index is 0.162. The van der Waals surface area contributed by atoms with Crippen LogP contribution in [0.4, 0.5) is 4.39 Å². The van der Waals surface area contributed by atoms with Crippen molar-refractivity contribution in [1.29, 1.82) is 0 Å². The second-order valence-electron chi connectivity index (χ2n) is 3.24. The van der Waals surface area contributed by atoms with Crippen LogP contribution in [0.1, 0.15) is 15.4 Å². The highest BCUT2D eigenvalue weighted by Crippen LogP contribution is 2.33. The number of nitrogens with zero attached hydrogens (tertiary/aromatic N) is 2. The zero-order valence-electron chi connectivity index (χ0n) is 8.98. The SMILES string of the molecule is Cc1nc(Sc2ncc(Br)cc2F)sc1C(=O)O. The molecule has 0 aliphatic rings. The van der Waals surface area contributed by atoms with E-state index in [1.807, 2.05) is 0 Å². The van der Waals surface area contributed by atoms with E-state index in [2.05, 4.69) is 25.9 Å². The Balaban J connectivity index is 2.29. The largest absolute Gasteiger partial charge is 0.477 e. The summed E-state index contributed by atoms with van der Waals surface area (Å²) in [5, 5.41) is 9.07. The third kappa shape index (κ3) is 2.88. The summed E-state index contributed by atoms with van der Waals surface area (Å²) in [7, 11) is 0. The maximum absolute atomic E-state index is 13.5. The van der Waals surface area contributed by atoms with E-state index in [1.54, 1.807) is 6.92 Å². The Labute approximate surface area is 118 Å². The van der Waals surface area contributed by atoms with Gasteiger partial charge in [0, 0.05) is 10.7 Å². The summed E-state index contributed by atoms with van der Waals surface area (Å²) in [6, 6.07) is 1.30. The number of halogens is 2. The van der Waals surface area contributed by atoms with Gasteiger partial charge in [-0.15, -0.1) is 0 Å². The third-order valence-electron chi connectivity index (χ3n) is 1.93. The van der Waals surface area contributed by atoms with Gasteiger partial charge in [0.15, 0.2) is 10.2 Å². The predicted octanol–water partition coefficient (Wildman–Crippen LogP) is 3.60. The molecule has 0 aliphatic carbocycles. The van der Waals surface area contributed by atoms with Crippen LogP contribution in [0.25, 0.3) is 0 Å². The molecule has 0 bridgehead atoms. The third-order valence-corrected chi connectivity index (χ3v) is 4.56. The summed E-state index contributed by atoms with van der Waals surface area (Å²) in [5.74, 6) is -1.50. The molecule has 0 aromatic carbocycles. The van der Waals surface area contributed by atoms with Gasteiger partial charge >= 0.3 is 5.97 Å². The van der Waals surface area contributed by atoms with Crippen molar-refractivity contribution in [1.82, 2.24) is 9.97 Å². The van der Waals surface area contributed by atoms with Gasteiger partial charge in [-0.3, -0.25) is 0 Å². The molecular weight excluding hydrogens is 343 g/mol. The summed E-state index contributed by atoms with van der Waals surface area (Å²) in [5.41, 5.74) is 0.424. The molecule has 8 heteroatoms. The Hall–Kier alpha value is -0.990. The molecule has 4 nitrogen and oxygen atoms in total. The molecule has 2 aromatic rings. The lowest BCUT2D eigenvalue weighted by Crippen LogP contribution is -1.94. The molecular formula is C10H6BrFN2O2S2. The van der Waals surface area contributed by atoms with Gasteiger partial charge in [-0.1, -0.05) is 11.3 Å². The normalized spacial score (nSPS) is 10.6. The van der Waals surface area contributed by atoms with Gasteiger partial charge in [-0.2, -0.15) is 0 Å². The fraction of sp³-hybridized carbons (Fsp3) is 0.100. The van der Waals surface area contributed by atoms with Gasteiger partial charge in [0.25, 0.3) is 0 Å². The first-order chi connectivity index (χ1) is 8.47. The highest BCUT2D eigenvalue weighted by atomic mass is 79.9. The second kappa shape index (κ2) is 5.33. The maximum Gasteiger partial charge on any atom is 0.347 e. The van der Waals surface area contributed by atoms with Crippen molar-refractivity contribution in [2.45, 2.75) is 16.3 Å². The van der Waals surface area contributed by atoms with Gasteiger partial charge in [-0.25, -0.2) is 19.2 Å². The van der Waals surface area contributed by atoms with E-state index in [1.165, 1.54) is 12.3 Å². The monoisotopic (exact) mass is 348 g/mol. The Kier molecular flexibility index (Phi) is 3.98. The zero-order valence-corrected chi connectivity index (χ0v) is 12.2. The fourth-order valence-corrected chi connectivity index (χ4v) is 3.38. The first-order valence-corrected chi connectivity index (χ1v) is 7.09. The van der Waals surface area contributed by atoms with E-state index in [9.17, 15) is 9.18 Å². The highest BCUT2D eigenvalue weighted by molar-refractivity contribution is 9.10. The van der Waals surface area contributed by atoms with E-state index < -0.39 is 11.8 Å². The minimum atomic E-state index is -1.03. The lowest BCUT2D eigenvalue weighted by atomic mass is 10.4. The first-order valence-electron chi connectivity index (χ1n) is 4.67. The van der Waals surface area contributed by atoms with Gasteiger partial charge in [0.2, 0.25) is 0 Å². The van der Waals surface area contributed by atoms with Crippen LogP contribution in [0.15, 0.2) is 26.1 Å². The van der Waals surface area contributed by atoms with Gasteiger partial charge < -0.3 is 5.11 Å². The van der Waals surface area contributed by atoms with Crippen LogP contribution in [0.5, 0.6) is 0 Å². The molecule has 0 atom stereocenters. The number of carboxylic acids is 1.